The lowest BCUT2D eigenvalue weighted by molar-refractivity contribution is -0.870. The summed E-state index contributed by atoms with van der Waals surface area (Å²) >= 11 is 0. The molecule has 280 valence electrons. The molecule has 0 aliphatic carbocycles. The Kier molecular flexibility index (Phi) is 20.1. The zero-order chi connectivity index (χ0) is 36.8. The molecule has 0 aliphatic rings. The Morgan fingerprint density at radius 1 is 0.702 bits per heavy atom. The highest BCUT2D eigenvalue weighted by Gasteiger charge is 2.42. The number of hydrogen-bond acceptors (Lipinski definition) is 11. The van der Waals surface area contributed by atoms with Gasteiger partial charge in [0, 0.05) is 5.57 Å². The van der Waals surface area contributed by atoms with Crippen molar-refractivity contribution in [1.82, 2.24) is 0 Å². The van der Waals surface area contributed by atoms with E-state index < -0.39 is 46.8 Å². The Labute approximate surface area is 287 Å². The van der Waals surface area contributed by atoms with Gasteiger partial charge in [0.25, 0.3) is 7.82 Å². The number of nitrogens with zero attached hydrogens (tertiary/aromatic N) is 2. The van der Waals surface area contributed by atoms with Crippen LogP contribution in [0.1, 0.15) is 26.2 Å². The fraction of sp³-hybridized carbons (Fsp3) is 0.893. The van der Waals surface area contributed by atoms with Crippen molar-refractivity contribution in [1.29, 1.82) is 0 Å². The first kappa shape index (κ1) is 46.9. The molecule has 47 heavy (non-hydrogen) atoms. The number of carbonyl (C=O) groups is 1. The quantitative estimate of drug-likeness (QED) is 0.0303. The van der Waals surface area contributed by atoms with Crippen molar-refractivity contribution in [2.45, 2.75) is 77.1 Å². The molecular weight excluding hydrogens is 703 g/mol. The molecule has 0 saturated carbocycles. The SMILES string of the molecule is C=C(C)C(=O)OCCC[Si](C)(O[Si](C)(C)CCCOP(=O)([O-])OCC[N+](C)(C)C)O[Si](C)(C)CCCOP(=O)(O)OCC[N+](C)(C)C. The van der Waals surface area contributed by atoms with E-state index in [0.29, 0.717) is 65.0 Å². The van der Waals surface area contributed by atoms with Crippen LogP contribution in [-0.4, -0.2) is 133 Å². The average molecular weight is 768 g/mol. The third-order valence-corrected chi connectivity index (χ3v) is 21.0. The third kappa shape index (κ3) is 26.4. The van der Waals surface area contributed by atoms with Crippen LogP contribution in [0.3, 0.4) is 0 Å². The number of quaternary nitrogens is 2. The van der Waals surface area contributed by atoms with Gasteiger partial charge in [-0.2, -0.15) is 0 Å². The largest absolute Gasteiger partial charge is 0.756 e. The molecule has 0 amide bonds. The Morgan fingerprint density at radius 2 is 1.09 bits per heavy atom. The summed E-state index contributed by atoms with van der Waals surface area (Å²) < 4.78 is 65.0. The maximum absolute atomic E-state index is 12.3. The molecule has 0 spiro atoms. The van der Waals surface area contributed by atoms with E-state index in [0.717, 1.165) is 0 Å². The van der Waals surface area contributed by atoms with Crippen molar-refractivity contribution < 1.29 is 63.7 Å². The van der Waals surface area contributed by atoms with Gasteiger partial charge in [0.05, 0.1) is 62.1 Å². The molecule has 3 atom stereocenters. The van der Waals surface area contributed by atoms with Crippen LogP contribution < -0.4 is 4.89 Å². The first-order valence-corrected chi connectivity index (χ1v) is 27.8. The smallest absolute Gasteiger partial charge is 0.472 e. The molecule has 0 aromatic rings. The van der Waals surface area contributed by atoms with Crippen LogP contribution in [0, 0.1) is 0 Å². The van der Waals surface area contributed by atoms with Gasteiger partial charge in [-0.25, -0.2) is 9.36 Å². The van der Waals surface area contributed by atoms with Gasteiger partial charge < -0.3 is 40.8 Å². The second-order valence-corrected chi connectivity index (χ2v) is 30.7. The minimum atomic E-state index is -4.40. The lowest BCUT2D eigenvalue weighted by atomic mass is 10.4. The number of phosphoric acid groups is 2. The van der Waals surface area contributed by atoms with Crippen LogP contribution in [0.4, 0.5) is 0 Å². The van der Waals surface area contributed by atoms with Gasteiger partial charge in [-0.3, -0.25) is 13.6 Å². The summed E-state index contributed by atoms with van der Waals surface area (Å²) in [5.41, 5.74) is 0.330. The van der Waals surface area contributed by atoms with Crippen molar-refractivity contribution in [2.24, 2.45) is 0 Å². The van der Waals surface area contributed by atoms with Crippen molar-refractivity contribution in [2.75, 3.05) is 88.4 Å². The Balaban J connectivity index is 5.23. The fourth-order valence-electron chi connectivity index (χ4n) is 4.36. The molecule has 0 aromatic carbocycles. The van der Waals surface area contributed by atoms with E-state index in [-0.39, 0.29) is 33.0 Å². The zero-order valence-electron chi connectivity index (χ0n) is 31.1. The summed E-state index contributed by atoms with van der Waals surface area (Å²) in [6.45, 7) is 17.0. The molecule has 0 fully saturated rings. The van der Waals surface area contributed by atoms with Gasteiger partial charge in [0.2, 0.25) is 0 Å². The summed E-state index contributed by atoms with van der Waals surface area (Å²) in [6.07, 6.45) is 1.53. The summed E-state index contributed by atoms with van der Waals surface area (Å²) in [5, 5.41) is 0. The van der Waals surface area contributed by atoms with Gasteiger partial charge in [-0.05, 0) is 77.1 Å². The number of carbonyl (C=O) groups excluding carboxylic acids is 1. The third-order valence-electron chi connectivity index (χ3n) is 6.72. The molecule has 0 aliphatic heterocycles. The zero-order valence-corrected chi connectivity index (χ0v) is 35.9. The van der Waals surface area contributed by atoms with E-state index in [4.69, 9.17) is 31.1 Å². The molecule has 0 heterocycles. The predicted octanol–water partition coefficient (Wildman–Crippen LogP) is 4.84. The number of phosphoric ester groups is 2. The molecule has 0 rings (SSSR count). The Hall–Kier alpha value is -0.0794. The van der Waals surface area contributed by atoms with Crippen molar-refractivity contribution in [3.8, 4) is 0 Å². The molecule has 0 radical (unpaired) electrons. The number of likely N-dealkylation sites (N-methyl/N-ethyl adjacent to an activating group) is 2. The Bertz CT molecular complexity index is 1010. The lowest BCUT2D eigenvalue weighted by Crippen LogP contribution is -2.54. The van der Waals surface area contributed by atoms with Crippen molar-refractivity contribution in [3.05, 3.63) is 12.2 Å². The van der Waals surface area contributed by atoms with Gasteiger partial charge in [-0.1, -0.05) is 6.58 Å². The van der Waals surface area contributed by atoms with Gasteiger partial charge in [0.1, 0.15) is 26.3 Å². The number of hydrogen-bond donors (Lipinski definition) is 1. The van der Waals surface area contributed by atoms with E-state index in [2.05, 4.69) is 32.8 Å². The van der Waals surface area contributed by atoms with E-state index in [9.17, 15) is 23.7 Å². The van der Waals surface area contributed by atoms with E-state index in [1.54, 1.807) is 6.92 Å². The number of ether oxygens (including phenoxy) is 1. The topological polar surface area (TPSA) is 159 Å². The van der Waals surface area contributed by atoms with Crippen LogP contribution in [0.2, 0.25) is 50.9 Å². The van der Waals surface area contributed by atoms with Gasteiger partial charge >= 0.3 is 22.4 Å². The number of rotatable bonds is 27. The summed E-state index contributed by atoms with van der Waals surface area (Å²) in [7, 11) is -4.36. The normalized spacial score (nSPS) is 17.1. The fourth-order valence-corrected chi connectivity index (χ4v) is 20.1. The summed E-state index contributed by atoms with van der Waals surface area (Å²) in [4.78, 5) is 34.1. The van der Waals surface area contributed by atoms with Crippen LogP contribution in [0.15, 0.2) is 12.2 Å². The molecule has 0 saturated heterocycles. The second-order valence-electron chi connectivity index (χ2n) is 15.4. The second kappa shape index (κ2) is 20.1. The maximum Gasteiger partial charge on any atom is 0.472 e. The van der Waals surface area contributed by atoms with Crippen LogP contribution in [-0.2, 0) is 45.0 Å². The average Bonchev–Trinajstić information content (AvgIpc) is 2.84. The highest BCUT2D eigenvalue weighted by atomic mass is 31.2. The minimum absolute atomic E-state index is 0.00503. The molecule has 3 unspecified atom stereocenters. The van der Waals surface area contributed by atoms with Crippen LogP contribution in [0.5, 0.6) is 0 Å². The van der Waals surface area contributed by atoms with Crippen LogP contribution >= 0.6 is 15.6 Å². The molecule has 1 N–H and O–H groups in total. The van der Waals surface area contributed by atoms with Gasteiger partial charge in [0.15, 0.2) is 16.6 Å². The van der Waals surface area contributed by atoms with E-state index in [1.807, 2.05) is 48.8 Å². The standard InChI is InChI=1S/C28H64N2O12P2Si3/c1-27(2)28(31)36-19-14-26-47(13,41-45(9,10)24-15-20-37-43(32,33)39-22-17-29(3,4)5)42-46(11,12)25-16-21-38-44(34,35)40-23-18-30(6,7)8/h1,14-26H2,2-13H3/p+1. The minimum Gasteiger partial charge on any atom is -0.756 e. The monoisotopic (exact) mass is 767 g/mol. The predicted molar refractivity (Wildman–Crippen MR) is 190 cm³/mol. The van der Waals surface area contributed by atoms with Gasteiger partial charge in [-0.15, -0.1) is 0 Å². The Morgan fingerprint density at radius 3 is 1.53 bits per heavy atom. The van der Waals surface area contributed by atoms with Crippen molar-refractivity contribution >= 4 is 46.8 Å². The molecule has 14 nitrogen and oxygen atoms in total. The molecule has 19 heteroatoms. The lowest BCUT2D eigenvalue weighted by Gasteiger charge is -2.41. The van der Waals surface area contributed by atoms with E-state index in [1.165, 1.54) is 0 Å². The summed E-state index contributed by atoms with van der Waals surface area (Å²) in [6, 6.07) is 1.88. The van der Waals surface area contributed by atoms with E-state index >= 15 is 0 Å². The first-order chi connectivity index (χ1) is 21.1. The molecular formula is C28H65N2O12P2Si3+. The van der Waals surface area contributed by atoms with Crippen LogP contribution in [0.25, 0.3) is 0 Å². The number of esters is 1. The highest BCUT2D eigenvalue weighted by Crippen LogP contribution is 2.43. The first-order valence-electron chi connectivity index (χ1n) is 16.1. The molecule has 0 aromatic heterocycles. The molecule has 0 bridgehead atoms. The summed E-state index contributed by atoms with van der Waals surface area (Å²) in [5.74, 6) is -0.445. The van der Waals surface area contributed by atoms with Crippen molar-refractivity contribution in [3.63, 3.8) is 0 Å². The maximum atomic E-state index is 12.3. The highest BCUT2D eigenvalue weighted by molar-refractivity contribution is 7.47.